The predicted octanol–water partition coefficient (Wildman–Crippen LogP) is 2.38. The first-order valence-corrected chi connectivity index (χ1v) is 6.87. The Labute approximate surface area is 139 Å². The summed E-state index contributed by atoms with van der Waals surface area (Å²) in [7, 11) is 0. The summed E-state index contributed by atoms with van der Waals surface area (Å²) in [6.07, 6.45) is -4.68. The van der Waals surface area contributed by atoms with Crippen LogP contribution in [0.4, 0.5) is 24.5 Å². The van der Waals surface area contributed by atoms with Gasteiger partial charge in [-0.3, -0.25) is 14.4 Å². The van der Waals surface area contributed by atoms with Gasteiger partial charge in [0.2, 0.25) is 5.91 Å². The Morgan fingerprint density at radius 3 is 1.96 bits per heavy atom. The highest BCUT2D eigenvalue weighted by Gasteiger charge is 2.34. The highest BCUT2D eigenvalue weighted by atomic mass is 19.4. The van der Waals surface area contributed by atoms with Gasteiger partial charge >= 0.3 is 18.0 Å². The number of para-hydroxylation sites is 1. The van der Waals surface area contributed by atoms with E-state index in [1.807, 2.05) is 5.32 Å². The number of rotatable bonds is 3. The van der Waals surface area contributed by atoms with Gasteiger partial charge < -0.3 is 16.4 Å². The van der Waals surface area contributed by atoms with Gasteiger partial charge in [-0.1, -0.05) is 12.1 Å². The zero-order valence-electron chi connectivity index (χ0n) is 12.6. The van der Waals surface area contributed by atoms with E-state index < -0.39 is 35.1 Å². The fourth-order valence-electron chi connectivity index (χ4n) is 1.92. The summed E-state index contributed by atoms with van der Waals surface area (Å²) in [5.74, 6) is -3.10. The minimum atomic E-state index is -4.68. The zero-order chi connectivity index (χ0) is 18.6. The fourth-order valence-corrected chi connectivity index (χ4v) is 1.92. The first-order valence-electron chi connectivity index (χ1n) is 6.87. The number of amides is 3. The molecule has 25 heavy (non-hydrogen) atoms. The minimum Gasteiger partial charge on any atom is -0.366 e. The molecule has 2 rings (SSSR count). The second-order valence-corrected chi connectivity index (χ2v) is 4.89. The standard InChI is InChI=1S/C16H12F3N3O3/c17-16(18,19)11-3-1-2-4-12(11)22-15(25)14(24)21-10-7-5-9(6-8-10)13(20)23/h1-8H,(H2,20,23)(H,21,24)(H,22,25). The first-order chi connectivity index (χ1) is 11.7. The van der Waals surface area contributed by atoms with Crippen molar-refractivity contribution >= 4 is 29.1 Å². The molecule has 2 aromatic carbocycles. The molecule has 0 fully saturated rings. The Hall–Kier alpha value is -3.36. The van der Waals surface area contributed by atoms with E-state index >= 15 is 0 Å². The first kappa shape index (κ1) is 18.0. The molecule has 0 heterocycles. The van der Waals surface area contributed by atoms with E-state index in [0.717, 1.165) is 12.1 Å². The van der Waals surface area contributed by atoms with Crippen molar-refractivity contribution in [1.82, 2.24) is 0 Å². The molecule has 6 nitrogen and oxygen atoms in total. The lowest BCUT2D eigenvalue weighted by molar-refractivity contribution is -0.137. The summed E-state index contributed by atoms with van der Waals surface area (Å²) < 4.78 is 38.6. The van der Waals surface area contributed by atoms with Crippen molar-refractivity contribution in [3.63, 3.8) is 0 Å². The third-order valence-corrected chi connectivity index (χ3v) is 3.11. The molecule has 0 aliphatic carbocycles. The topological polar surface area (TPSA) is 101 Å². The van der Waals surface area contributed by atoms with Crippen molar-refractivity contribution in [3.8, 4) is 0 Å². The fraction of sp³-hybridized carbons (Fsp3) is 0.0625. The Morgan fingerprint density at radius 2 is 1.40 bits per heavy atom. The number of hydrogen-bond acceptors (Lipinski definition) is 3. The molecule has 0 atom stereocenters. The van der Waals surface area contributed by atoms with E-state index in [1.54, 1.807) is 0 Å². The quantitative estimate of drug-likeness (QED) is 0.740. The lowest BCUT2D eigenvalue weighted by Crippen LogP contribution is -2.30. The molecule has 0 saturated heterocycles. The minimum absolute atomic E-state index is 0.175. The molecule has 0 bridgehead atoms. The van der Waals surface area contributed by atoms with Crippen molar-refractivity contribution in [3.05, 3.63) is 59.7 Å². The molecule has 3 amide bonds. The number of anilines is 2. The molecule has 0 aliphatic rings. The normalized spacial score (nSPS) is 10.8. The Kier molecular flexibility index (Phi) is 5.06. The van der Waals surface area contributed by atoms with Crippen molar-refractivity contribution in [2.75, 3.05) is 10.6 Å². The number of primary amides is 1. The number of nitrogens with two attached hydrogens (primary N) is 1. The maximum atomic E-state index is 12.9. The summed E-state index contributed by atoms with van der Waals surface area (Å²) in [5, 5.41) is 4.12. The molecule has 0 saturated carbocycles. The second kappa shape index (κ2) is 7.04. The average molecular weight is 351 g/mol. The molecule has 0 spiro atoms. The van der Waals surface area contributed by atoms with Gasteiger partial charge in [0, 0.05) is 11.3 Å². The SMILES string of the molecule is NC(=O)c1ccc(NC(=O)C(=O)Nc2ccccc2C(F)(F)F)cc1. The van der Waals surface area contributed by atoms with E-state index in [-0.39, 0.29) is 11.3 Å². The van der Waals surface area contributed by atoms with Crippen LogP contribution in [0.3, 0.4) is 0 Å². The molecular formula is C16H12F3N3O3. The summed E-state index contributed by atoms with van der Waals surface area (Å²) in [6, 6.07) is 9.60. The molecule has 4 N–H and O–H groups in total. The van der Waals surface area contributed by atoms with Crippen molar-refractivity contribution < 1.29 is 27.6 Å². The molecule has 130 valence electrons. The summed E-state index contributed by atoms with van der Waals surface area (Å²) in [5.41, 5.74) is 3.84. The average Bonchev–Trinajstić information content (AvgIpc) is 2.54. The smallest absolute Gasteiger partial charge is 0.366 e. The van der Waals surface area contributed by atoms with Gasteiger partial charge in [-0.25, -0.2) is 0 Å². The maximum Gasteiger partial charge on any atom is 0.418 e. The molecule has 0 aromatic heterocycles. The van der Waals surface area contributed by atoms with Gasteiger partial charge in [0.05, 0.1) is 11.3 Å². The molecular weight excluding hydrogens is 339 g/mol. The number of hydrogen-bond donors (Lipinski definition) is 3. The number of carbonyl (C=O) groups excluding carboxylic acids is 3. The Bertz CT molecular complexity index is 817. The second-order valence-electron chi connectivity index (χ2n) is 4.89. The molecule has 2 aromatic rings. The van der Waals surface area contributed by atoms with Crippen LogP contribution in [0.5, 0.6) is 0 Å². The number of alkyl halides is 3. The van der Waals surface area contributed by atoms with E-state index in [9.17, 15) is 27.6 Å². The highest BCUT2D eigenvalue weighted by molar-refractivity contribution is 6.43. The van der Waals surface area contributed by atoms with E-state index in [4.69, 9.17) is 5.73 Å². The van der Waals surface area contributed by atoms with E-state index in [0.29, 0.717) is 0 Å². The van der Waals surface area contributed by atoms with Gasteiger partial charge in [-0.15, -0.1) is 0 Å². The van der Waals surface area contributed by atoms with Gasteiger partial charge in [0.15, 0.2) is 0 Å². The van der Waals surface area contributed by atoms with Crippen LogP contribution in [-0.2, 0) is 15.8 Å². The van der Waals surface area contributed by atoms with Crippen LogP contribution >= 0.6 is 0 Å². The molecule has 0 aliphatic heterocycles. The van der Waals surface area contributed by atoms with Crippen LogP contribution in [0.2, 0.25) is 0 Å². The predicted molar refractivity (Wildman–Crippen MR) is 83.7 cm³/mol. The molecule has 0 radical (unpaired) electrons. The van der Waals surface area contributed by atoms with Crippen molar-refractivity contribution in [1.29, 1.82) is 0 Å². The largest absolute Gasteiger partial charge is 0.418 e. The Morgan fingerprint density at radius 1 is 0.840 bits per heavy atom. The highest BCUT2D eigenvalue weighted by Crippen LogP contribution is 2.34. The van der Waals surface area contributed by atoms with E-state index in [1.165, 1.54) is 36.4 Å². The summed E-state index contributed by atoms with van der Waals surface area (Å²) in [6.45, 7) is 0. The molecule has 0 unspecified atom stereocenters. The number of benzene rings is 2. The number of nitrogens with one attached hydrogen (secondary N) is 2. The third kappa shape index (κ3) is 4.56. The number of halogens is 3. The monoisotopic (exact) mass is 351 g/mol. The van der Waals surface area contributed by atoms with Crippen LogP contribution in [0.25, 0.3) is 0 Å². The van der Waals surface area contributed by atoms with Crippen molar-refractivity contribution in [2.24, 2.45) is 5.73 Å². The lowest BCUT2D eigenvalue weighted by Gasteiger charge is -2.13. The van der Waals surface area contributed by atoms with Crippen LogP contribution < -0.4 is 16.4 Å². The van der Waals surface area contributed by atoms with Crippen LogP contribution in [0.1, 0.15) is 15.9 Å². The van der Waals surface area contributed by atoms with Crippen LogP contribution in [0.15, 0.2) is 48.5 Å². The van der Waals surface area contributed by atoms with Gasteiger partial charge in [0.25, 0.3) is 0 Å². The molecule has 9 heteroatoms. The third-order valence-electron chi connectivity index (χ3n) is 3.11. The van der Waals surface area contributed by atoms with Crippen molar-refractivity contribution in [2.45, 2.75) is 6.18 Å². The summed E-state index contributed by atoms with van der Waals surface area (Å²) >= 11 is 0. The van der Waals surface area contributed by atoms with E-state index in [2.05, 4.69) is 5.32 Å². The zero-order valence-corrected chi connectivity index (χ0v) is 12.6. The maximum absolute atomic E-state index is 12.9. The lowest BCUT2D eigenvalue weighted by atomic mass is 10.1. The Balaban J connectivity index is 2.09. The van der Waals surface area contributed by atoms with Crippen LogP contribution in [-0.4, -0.2) is 17.7 Å². The number of carbonyl (C=O) groups is 3. The summed E-state index contributed by atoms with van der Waals surface area (Å²) in [4.78, 5) is 34.5. The van der Waals surface area contributed by atoms with Gasteiger partial charge in [0.1, 0.15) is 0 Å². The van der Waals surface area contributed by atoms with Crippen LogP contribution in [0, 0.1) is 0 Å². The van der Waals surface area contributed by atoms with Gasteiger partial charge in [-0.05, 0) is 36.4 Å². The van der Waals surface area contributed by atoms with Gasteiger partial charge in [-0.2, -0.15) is 13.2 Å².